The topological polar surface area (TPSA) is 58.7 Å². The van der Waals surface area contributed by atoms with Gasteiger partial charge in [-0.1, -0.05) is 35.5 Å². The fourth-order valence-corrected chi connectivity index (χ4v) is 2.36. The lowest BCUT2D eigenvalue weighted by atomic mass is 10.1. The molecule has 0 fully saturated rings. The van der Waals surface area contributed by atoms with Gasteiger partial charge in [-0.15, -0.1) is 4.99 Å². The van der Waals surface area contributed by atoms with E-state index in [9.17, 15) is 4.79 Å². The molecule has 1 aromatic heterocycles. The number of carbonyl (C=O) groups excluding carboxylic acids is 1. The van der Waals surface area contributed by atoms with Crippen molar-refractivity contribution in [3.05, 3.63) is 47.2 Å². The summed E-state index contributed by atoms with van der Waals surface area (Å²) < 4.78 is 5.05. The number of isocyanates is 1. The van der Waals surface area contributed by atoms with Crippen molar-refractivity contribution in [2.75, 3.05) is 6.54 Å². The molecule has 0 atom stereocenters. The van der Waals surface area contributed by atoms with Crippen molar-refractivity contribution in [1.29, 1.82) is 0 Å². The summed E-state index contributed by atoms with van der Waals surface area (Å²) in [6.45, 7) is 2.50. The molecule has 5 heteroatoms. The quantitative estimate of drug-likeness (QED) is 0.623. The predicted octanol–water partition coefficient (Wildman–Crippen LogP) is 2.20. The van der Waals surface area contributed by atoms with E-state index in [0.29, 0.717) is 12.4 Å². The average molecular weight is 255 g/mol. The average Bonchev–Trinajstić information content (AvgIpc) is 2.83. The molecule has 96 valence electrons. The third-order valence-electron chi connectivity index (χ3n) is 3.29. The van der Waals surface area contributed by atoms with Crippen LogP contribution in [0, 0.1) is 0 Å². The SMILES string of the molecule is O=C=Nc1onc2c1CN(Cc1ccccc1)CC2. The smallest absolute Gasteiger partial charge is 0.265 e. The highest BCUT2D eigenvalue weighted by Crippen LogP contribution is 2.28. The van der Waals surface area contributed by atoms with Crippen molar-refractivity contribution < 1.29 is 9.32 Å². The minimum Gasteiger partial charge on any atom is -0.335 e. The van der Waals surface area contributed by atoms with E-state index >= 15 is 0 Å². The van der Waals surface area contributed by atoms with E-state index in [-0.39, 0.29) is 0 Å². The minimum absolute atomic E-state index is 0.294. The molecular formula is C14H13N3O2. The van der Waals surface area contributed by atoms with Crippen LogP contribution >= 0.6 is 0 Å². The van der Waals surface area contributed by atoms with Gasteiger partial charge in [-0.3, -0.25) is 4.90 Å². The normalized spacial score (nSPS) is 14.7. The zero-order chi connectivity index (χ0) is 13.1. The molecule has 0 aliphatic carbocycles. The van der Waals surface area contributed by atoms with Gasteiger partial charge in [0.2, 0.25) is 6.08 Å². The maximum Gasteiger partial charge on any atom is 0.265 e. The van der Waals surface area contributed by atoms with E-state index in [0.717, 1.165) is 30.8 Å². The van der Waals surface area contributed by atoms with Gasteiger partial charge in [0, 0.05) is 26.1 Å². The lowest BCUT2D eigenvalue weighted by Crippen LogP contribution is -2.29. The Bertz CT molecular complexity index is 615. The van der Waals surface area contributed by atoms with E-state index < -0.39 is 0 Å². The molecule has 0 amide bonds. The van der Waals surface area contributed by atoms with Gasteiger partial charge in [0.05, 0.1) is 11.3 Å². The summed E-state index contributed by atoms with van der Waals surface area (Å²) in [7, 11) is 0. The molecule has 0 N–H and O–H groups in total. The summed E-state index contributed by atoms with van der Waals surface area (Å²) in [5, 5.41) is 3.94. The Morgan fingerprint density at radius 1 is 1.37 bits per heavy atom. The summed E-state index contributed by atoms with van der Waals surface area (Å²) >= 11 is 0. The van der Waals surface area contributed by atoms with Crippen molar-refractivity contribution in [1.82, 2.24) is 10.1 Å². The monoisotopic (exact) mass is 255 g/mol. The summed E-state index contributed by atoms with van der Waals surface area (Å²) in [5.41, 5.74) is 3.08. The first kappa shape index (κ1) is 11.8. The lowest BCUT2D eigenvalue weighted by molar-refractivity contribution is 0.245. The molecule has 1 aliphatic heterocycles. The summed E-state index contributed by atoms with van der Waals surface area (Å²) in [6, 6.07) is 10.3. The maximum atomic E-state index is 10.3. The number of aromatic nitrogens is 1. The molecule has 1 aromatic carbocycles. The standard InChI is InChI=1S/C14H13N3O2/c18-10-15-14-12-9-17(7-6-13(12)16-19-14)8-11-4-2-1-3-5-11/h1-5H,6-9H2. The molecule has 3 rings (SSSR count). The van der Waals surface area contributed by atoms with Gasteiger partial charge in [-0.05, 0) is 5.56 Å². The van der Waals surface area contributed by atoms with Crippen LogP contribution < -0.4 is 0 Å². The van der Waals surface area contributed by atoms with Crippen molar-refractivity contribution in [3.8, 4) is 0 Å². The molecule has 0 bridgehead atoms. The third-order valence-corrected chi connectivity index (χ3v) is 3.29. The van der Waals surface area contributed by atoms with E-state index in [1.807, 2.05) is 18.2 Å². The van der Waals surface area contributed by atoms with Crippen LogP contribution in [-0.2, 0) is 24.3 Å². The Morgan fingerprint density at radius 3 is 3.00 bits per heavy atom. The Balaban J connectivity index is 1.78. The molecule has 0 spiro atoms. The first-order valence-electron chi connectivity index (χ1n) is 6.18. The zero-order valence-electron chi connectivity index (χ0n) is 10.4. The van der Waals surface area contributed by atoms with Crippen LogP contribution in [0.25, 0.3) is 0 Å². The van der Waals surface area contributed by atoms with Crippen LogP contribution in [0.15, 0.2) is 39.8 Å². The fraction of sp³-hybridized carbons (Fsp3) is 0.286. The second kappa shape index (κ2) is 5.18. The second-order valence-corrected chi connectivity index (χ2v) is 4.56. The van der Waals surface area contributed by atoms with Crippen molar-refractivity contribution in [2.24, 2.45) is 4.99 Å². The number of benzene rings is 1. The highest BCUT2D eigenvalue weighted by atomic mass is 16.5. The van der Waals surface area contributed by atoms with Gasteiger partial charge in [0.25, 0.3) is 5.88 Å². The van der Waals surface area contributed by atoms with Gasteiger partial charge in [0.1, 0.15) is 0 Å². The second-order valence-electron chi connectivity index (χ2n) is 4.56. The van der Waals surface area contributed by atoms with Gasteiger partial charge in [-0.25, -0.2) is 4.79 Å². The maximum absolute atomic E-state index is 10.3. The number of hydrogen-bond acceptors (Lipinski definition) is 5. The van der Waals surface area contributed by atoms with Crippen molar-refractivity contribution in [2.45, 2.75) is 19.5 Å². The Kier molecular flexibility index (Phi) is 3.23. The summed E-state index contributed by atoms with van der Waals surface area (Å²) in [5.74, 6) is 0.294. The van der Waals surface area contributed by atoms with E-state index in [1.165, 1.54) is 11.6 Å². The van der Waals surface area contributed by atoms with Crippen LogP contribution in [0.3, 0.4) is 0 Å². The Hall–Kier alpha value is -2.23. The highest BCUT2D eigenvalue weighted by Gasteiger charge is 2.23. The third kappa shape index (κ3) is 2.47. The van der Waals surface area contributed by atoms with Crippen molar-refractivity contribution in [3.63, 3.8) is 0 Å². The molecule has 0 saturated heterocycles. The molecular weight excluding hydrogens is 242 g/mol. The zero-order valence-corrected chi connectivity index (χ0v) is 10.4. The van der Waals surface area contributed by atoms with Gasteiger partial charge >= 0.3 is 0 Å². The minimum atomic E-state index is 0.294. The molecule has 0 radical (unpaired) electrons. The first-order valence-corrected chi connectivity index (χ1v) is 6.18. The molecule has 2 aromatic rings. The van der Waals surface area contributed by atoms with Gasteiger partial charge in [0.15, 0.2) is 0 Å². The number of aliphatic imine (C=N–C) groups is 1. The Labute approximate surface area is 110 Å². The van der Waals surface area contributed by atoms with E-state index in [2.05, 4.69) is 27.2 Å². The summed E-state index contributed by atoms with van der Waals surface area (Å²) in [4.78, 5) is 16.2. The summed E-state index contributed by atoms with van der Waals surface area (Å²) in [6.07, 6.45) is 2.33. The molecule has 1 aliphatic rings. The van der Waals surface area contributed by atoms with E-state index in [1.54, 1.807) is 0 Å². The Morgan fingerprint density at radius 2 is 2.21 bits per heavy atom. The van der Waals surface area contributed by atoms with Crippen LogP contribution in [0.1, 0.15) is 16.8 Å². The molecule has 0 unspecified atom stereocenters. The van der Waals surface area contributed by atoms with Crippen LogP contribution in [0.5, 0.6) is 0 Å². The highest BCUT2D eigenvalue weighted by molar-refractivity contribution is 5.48. The molecule has 0 saturated carbocycles. The number of nitrogens with zero attached hydrogens (tertiary/aromatic N) is 3. The van der Waals surface area contributed by atoms with Crippen LogP contribution in [0.2, 0.25) is 0 Å². The van der Waals surface area contributed by atoms with Gasteiger partial charge < -0.3 is 4.52 Å². The van der Waals surface area contributed by atoms with Crippen LogP contribution in [0.4, 0.5) is 5.88 Å². The van der Waals surface area contributed by atoms with E-state index in [4.69, 9.17) is 4.52 Å². The fourth-order valence-electron chi connectivity index (χ4n) is 2.36. The number of rotatable bonds is 3. The van der Waals surface area contributed by atoms with Crippen LogP contribution in [-0.4, -0.2) is 22.7 Å². The lowest BCUT2D eigenvalue weighted by Gasteiger charge is -2.25. The molecule has 2 heterocycles. The molecule has 5 nitrogen and oxygen atoms in total. The predicted molar refractivity (Wildman–Crippen MR) is 68.5 cm³/mol. The number of fused-ring (bicyclic) bond motifs is 1. The number of hydrogen-bond donors (Lipinski definition) is 0. The van der Waals surface area contributed by atoms with Gasteiger partial charge in [-0.2, -0.15) is 0 Å². The first-order chi connectivity index (χ1) is 9.36. The largest absolute Gasteiger partial charge is 0.335 e. The van der Waals surface area contributed by atoms with Crippen molar-refractivity contribution >= 4 is 12.0 Å². The molecule has 19 heavy (non-hydrogen) atoms.